The Morgan fingerprint density at radius 3 is 0.833 bits per heavy atom. The third-order valence-corrected chi connectivity index (χ3v) is 34.9. The highest BCUT2D eigenvalue weighted by molar-refractivity contribution is 6.88. The summed E-state index contributed by atoms with van der Waals surface area (Å²) >= 11 is 0. The van der Waals surface area contributed by atoms with Gasteiger partial charge in [-0.3, -0.25) is 0 Å². The van der Waals surface area contributed by atoms with Gasteiger partial charge >= 0.3 is 8.56 Å². The molecule has 0 unspecified atom stereocenters. The average Bonchev–Trinajstić information content (AvgIpc) is 2.86. The van der Waals surface area contributed by atoms with Crippen molar-refractivity contribution in [3.05, 3.63) is 88.6 Å². The SMILES string of the molecule is C.C.C.C.C=CC[Si](CC=C)(CC=C)CC=C.C=CC[Si](CC=C)(CC=C)CCC[Si](C)(O[Si](C)(C)C)O[Si](C)(C)C.C[SiH](O[Si](C)(C)C)O[Si](C)(C)C. The molecular weight excluding hydrogens is 793 g/mol. The van der Waals surface area contributed by atoms with Crippen molar-refractivity contribution in [3.63, 3.8) is 0 Å². The van der Waals surface area contributed by atoms with Crippen LogP contribution in [0.5, 0.6) is 0 Å². The quantitative estimate of drug-likeness (QED) is 0.0640. The van der Waals surface area contributed by atoms with Crippen LogP contribution in [0.25, 0.3) is 0 Å². The molecule has 4 nitrogen and oxygen atoms in total. The Kier molecular flexibility index (Phi) is 41.4. The number of hydrogen-bond acceptors (Lipinski definition) is 4. The zero-order valence-corrected chi connectivity index (χ0v) is 43.9. The summed E-state index contributed by atoms with van der Waals surface area (Å²) in [5.74, 6) is 0. The molecule has 0 spiro atoms. The molecule has 0 fully saturated rings. The second-order valence-electron chi connectivity index (χ2n) is 17.9. The molecule has 0 aromatic carbocycles. The first-order valence-corrected chi connectivity index (χ1v) is 42.6. The topological polar surface area (TPSA) is 36.9 Å². The first-order chi connectivity index (χ1) is 22.6. The standard InChI is InChI=1S/C19H42O2Si4.C12H20Si.C7H22O2Si3.4CH4/c1-11-15-25(16-12-2,17-13-3)19-14-18-24(10,20-22(4,5)6)21-23(7,8)9;1-5-9-13(10-6-2,11-7-3)12-8-4;1-10(8-11(2,3)4)9-12(5,6)7;;;;/h11-13H,1-3,14-19H2,4-10H3;5-8H,1-4,9-12H2;10H,1-7H3;4*1H4. The summed E-state index contributed by atoms with van der Waals surface area (Å²) in [5.41, 5.74) is 0. The van der Waals surface area contributed by atoms with Crippen molar-refractivity contribution in [1.29, 1.82) is 0 Å². The lowest BCUT2D eigenvalue weighted by Gasteiger charge is -2.39. The zero-order chi connectivity index (χ0) is 39.9. The van der Waals surface area contributed by atoms with Gasteiger partial charge in [-0.25, -0.2) is 0 Å². The Bertz CT molecular complexity index is 902. The molecule has 0 N–H and O–H groups in total. The summed E-state index contributed by atoms with van der Waals surface area (Å²) < 4.78 is 25.1. The van der Waals surface area contributed by atoms with Crippen LogP contribution in [0.4, 0.5) is 0 Å². The van der Waals surface area contributed by atoms with Crippen LogP contribution in [0.15, 0.2) is 88.6 Å². The Morgan fingerprint density at radius 2 is 0.630 bits per heavy atom. The van der Waals surface area contributed by atoms with E-state index < -0.39 is 67.3 Å². The Morgan fingerprint density at radius 1 is 0.389 bits per heavy atom. The second kappa shape index (κ2) is 32.7. The van der Waals surface area contributed by atoms with Gasteiger partial charge in [0.25, 0.3) is 9.28 Å². The molecule has 0 aliphatic heterocycles. The minimum absolute atomic E-state index is 0. The summed E-state index contributed by atoms with van der Waals surface area (Å²) in [6.07, 6.45) is 15.6. The molecule has 0 bridgehead atoms. The molecule has 12 heteroatoms. The monoisotopic (exact) mass is 893 g/mol. The van der Waals surface area contributed by atoms with Crippen LogP contribution >= 0.6 is 0 Å². The van der Waals surface area contributed by atoms with Gasteiger partial charge < -0.3 is 16.5 Å². The highest BCUT2D eigenvalue weighted by atomic mass is 28.5. The van der Waals surface area contributed by atoms with Gasteiger partial charge in [-0.15, -0.1) is 46.1 Å². The smallest absolute Gasteiger partial charge is 0.314 e. The van der Waals surface area contributed by atoms with E-state index in [0.717, 1.165) is 48.4 Å². The van der Waals surface area contributed by atoms with Crippen LogP contribution in [-0.4, -0.2) is 67.3 Å². The highest BCUT2D eigenvalue weighted by Gasteiger charge is 2.41. The predicted octanol–water partition coefficient (Wildman–Crippen LogP) is 16.4. The Labute approximate surface area is 352 Å². The van der Waals surface area contributed by atoms with Crippen molar-refractivity contribution < 1.29 is 16.5 Å². The molecule has 0 aromatic rings. The third-order valence-electron chi connectivity index (χ3n) is 7.46. The van der Waals surface area contributed by atoms with Crippen molar-refractivity contribution in [3.8, 4) is 0 Å². The fraction of sp³-hybridized carbons (Fsp3) is 0.667. The molecule has 0 heterocycles. The van der Waals surface area contributed by atoms with Gasteiger partial charge in [0.1, 0.15) is 0 Å². The van der Waals surface area contributed by atoms with Gasteiger partial charge in [0.05, 0.1) is 16.1 Å². The summed E-state index contributed by atoms with van der Waals surface area (Å²) in [6.45, 7) is 58.7. The van der Waals surface area contributed by atoms with Crippen LogP contribution in [0.2, 0.25) is 146 Å². The molecule has 0 atom stereocenters. The minimum Gasteiger partial charge on any atom is -0.439 e. The van der Waals surface area contributed by atoms with E-state index in [1.54, 1.807) is 0 Å². The fourth-order valence-electron chi connectivity index (χ4n) is 6.42. The Balaban J connectivity index is -0.000000130. The van der Waals surface area contributed by atoms with E-state index in [9.17, 15) is 0 Å². The molecule has 0 saturated carbocycles. The lowest BCUT2D eigenvalue weighted by atomic mass is 10.6. The molecule has 0 amide bonds. The van der Waals surface area contributed by atoms with Gasteiger partial charge in [-0.2, -0.15) is 0 Å². The number of hydrogen-bond donors (Lipinski definition) is 0. The first kappa shape index (κ1) is 68.4. The van der Waals surface area contributed by atoms with Gasteiger partial charge in [0.15, 0.2) is 33.3 Å². The van der Waals surface area contributed by atoms with Crippen LogP contribution in [0.1, 0.15) is 36.1 Å². The van der Waals surface area contributed by atoms with E-state index >= 15 is 0 Å². The predicted molar refractivity (Wildman–Crippen MR) is 280 cm³/mol. The molecule has 54 heavy (non-hydrogen) atoms. The van der Waals surface area contributed by atoms with Crippen LogP contribution in [-0.2, 0) is 16.5 Å². The maximum Gasteiger partial charge on any atom is 0.314 e. The van der Waals surface area contributed by atoms with Crippen molar-refractivity contribution in [1.82, 2.24) is 0 Å². The van der Waals surface area contributed by atoms with Crippen molar-refractivity contribution in [2.24, 2.45) is 0 Å². The van der Waals surface area contributed by atoms with E-state index in [0.29, 0.717) is 0 Å². The zero-order valence-electron chi connectivity index (χ0n) is 35.8. The van der Waals surface area contributed by atoms with E-state index in [1.807, 2.05) is 24.3 Å². The largest absolute Gasteiger partial charge is 0.439 e. The summed E-state index contributed by atoms with van der Waals surface area (Å²) in [4.78, 5) is 0. The van der Waals surface area contributed by atoms with E-state index in [-0.39, 0.29) is 29.7 Å². The fourth-order valence-corrected chi connectivity index (χ4v) is 35.2. The second-order valence-corrected chi connectivity index (χ2v) is 51.6. The van der Waals surface area contributed by atoms with E-state index in [4.69, 9.17) is 16.5 Å². The lowest BCUT2D eigenvalue weighted by molar-refractivity contribution is 0.382. The maximum atomic E-state index is 6.64. The Hall–Kier alpha value is -0.245. The van der Waals surface area contributed by atoms with E-state index in [1.165, 1.54) is 12.5 Å². The first-order valence-electron chi connectivity index (χ1n) is 18.7. The highest BCUT2D eigenvalue weighted by Crippen LogP contribution is 2.33. The van der Waals surface area contributed by atoms with Gasteiger partial charge in [-0.1, -0.05) is 84.7 Å². The molecule has 0 rings (SSSR count). The van der Waals surface area contributed by atoms with Gasteiger partial charge in [0.2, 0.25) is 0 Å². The van der Waals surface area contributed by atoms with Crippen LogP contribution in [0, 0.1) is 0 Å². The maximum absolute atomic E-state index is 6.64. The van der Waals surface area contributed by atoms with Crippen molar-refractivity contribution >= 4 is 67.3 Å². The summed E-state index contributed by atoms with van der Waals surface area (Å²) in [5, 5.41) is 0. The third kappa shape index (κ3) is 40.0. The molecule has 0 aliphatic carbocycles. The van der Waals surface area contributed by atoms with Crippen LogP contribution < -0.4 is 0 Å². The van der Waals surface area contributed by atoms with Crippen molar-refractivity contribution in [2.75, 3.05) is 0 Å². The van der Waals surface area contributed by atoms with Crippen LogP contribution in [0.3, 0.4) is 0 Å². The van der Waals surface area contributed by atoms with E-state index in [2.05, 4.69) is 156 Å². The summed E-state index contributed by atoms with van der Waals surface area (Å²) in [6, 6.07) is 10.4. The van der Waals surface area contributed by atoms with Gasteiger partial charge in [0, 0.05) is 0 Å². The minimum atomic E-state index is -2.12. The molecule has 0 radical (unpaired) electrons. The molecular formula is C42H100O4Si8. The number of allylic oxidation sites excluding steroid dienone is 7. The molecule has 0 saturated heterocycles. The molecule has 0 aliphatic rings. The van der Waals surface area contributed by atoms with Gasteiger partial charge in [-0.05, 0) is 140 Å². The molecule has 324 valence electrons. The van der Waals surface area contributed by atoms with Crippen molar-refractivity contribution in [2.45, 2.75) is 182 Å². The normalized spacial score (nSPS) is 11.9. The summed E-state index contributed by atoms with van der Waals surface area (Å²) in [7, 11) is -12.1. The lowest BCUT2D eigenvalue weighted by Crippen LogP contribution is -2.52. The number of rotatable bonds is 26. The average molecular weight is 894 g/mol. The molecule has 0 aromatic heterocycles.